The lowest BCUT2D eigenvalue weighted by Crippen LogP contribution is -2.38. The third-order valence-electron chi connectivity index (χ3n) is 4.42. The van der Waals surface area contributed by atoms with Crippen LogP contribution in [0.2, 0.25) is 0 Å². The number of hydrogen-bond donors (Lipinski definition) is 3. The Kier molecular flexibility index (Phi) is 8.74. The van der Waals surface area contributed by atoms with Crippen LogP contribution in [0.3, 0.4) is 0 Å². The standard InChI is InChI=1S/C20H32N4O3/c1-4-21-20(22-14-19(25)23-15-9-7-6-8-10-15)24-16-11-12-17(26-3)18(13-16)27-5-2/h11-13,15H,4-10,14H2,1-3H3,(H,23,25)(H2,21,22,24). The molecule has 1 aliphatic rings. The van der Waals surface area contributed by atoms with Crippen LogP contribution in [-0.2, 0) is 4.79 Å². The number of anilines is 1. The number of guanidine groups is 1. The first kappa shape index (κ1) is 20.9. The molecule has 1 aliphatic carbocycles. The predicted octanol–water partition coefficient (Wildman–Crippen LogP) is 2.92. The van der Waals surface area contributed by atoms with Gasteiger partial charge in [-0.1, -0.05) is 19.3 Å². The third kappa shape index (κ3) is 7.00. The van der Waals surface area contributed by atoms with Crippen molar-refractivity contribution in [1.29, 1.82) is 0 Å². The van der Waals surface area contributed by atoms with Crippen LogP contribution in [0.25, 0.3) is 0 Å². The Balaban J connectivity index is 1.98. The van der Waals surface area contributed by atoms with Gasteiger partial charge in [0.2, 0.25) is 5.91 Å². The fraction of sp³-hybridized carbons (Fsp3) is 0.600. The number of nitrogens with one attached hydrogen (secondary N) is 3. The number of aliphatic imine (C=N–C) groups is 1. The van der Waals surface area contributed by atoms with Crippen LogP contribution in [0.4, 0.5) is 5.69 Å². The quantitative estimate of drug-likeness (QED) is 0.480. The highest BCUT2D eigenvalue weighted by molar-refractivity contribution is 5.95. The molecule has 150 valence electrons. The first-order valence-electron chi connectivity index (χ1n) is 9.81. The summed E-state index contributed by atoms with van der Waals surface area (Å²) in [6, 6.07) is 5.88. The molecule has 1 saturated carbocycles. The molecule has 0 aromatic heterocycles. The molecule has 7 nitrogen and oxygen atoms in total. The summed E-state index contributed by atoms with van der Waals surface area (Å²) in [5.41, 5.74) is 0.812. The molecular formula is C20H32N4O3. The number of hydrogen-bond acceptors (Lipinski definition) is 4. The lowest BCUT2D eigenvalue weighted by Gasteiger charge is -2.22. The van der Waals surface area contributed by atoms with E-state index in [1.54, 1.807) is 7.11 Å². The van der Waals surface area contributed by atoms with E-state index in [1.165, 1.54) is 19.3 Å². The number of methoxy groups -OCH3 is 1. The monoisotopic (exact) mass is 376 g/mol. The Bertz CT molecular complexity index is 628. The summed E-state index contributed by atoms with van der Waals surface area (Å²) in [5, 5.41) is 9.45. The van der Waals surface area contributed by atoms with Gasteiger partial charge in [0.25, 0.3) is 0 Å². The van der Waals surface area contributed by atoms with Crippen molar-refractivity contribution in [3.8, 4) is 11.5 Å². The van der Waals surface area contributed by atoms with Crippen molar-refractivity contribution in [1.82, 2.24) is 10.6 Å². The summed E-state index contributed by atoms with van der Waals surface area (Å²) >= 11 is 0. The summed E-state index contributed by atoms with van der Waals surface area (Å²) in [6.45, 7) is 5.26. The minimum atomic E-state index is -0.0381. The maximum Gasteiger partial charge on any atom is 0.242 e. The SMILES string of the molecule is CCNC(=NCC(=O)NC1CCCCC1)Nc1ccc(OC)c(OCC)c1. The van der Waals surface area contributed by atoms with Gasteiger partial charge in [-0.05, 0) is 38.8 Å². The van der Waals surface area contributed by atoms with Gasteiger partial charge in [-0.15, -0.1) is 0 Å². The van der Waals surface area contributed by atoms with Gasteiger partial charge in [-0.2, -0.15) is 0 Å². The van der Waals surface area contributed by atoms with Crippen molar-refractivity contribution in [3.63, 3.8) is 0 Å². The molecule has 3 N–H and O–H groups in total. The first-order valence-corrected chi connectivity index (χ1v) is 9.81. The van der Waals surface area contributed by atoms with Crippen LogP contribution in [-0.4, -0.2) is 44.7 Å². The number of nitrogens with zero attached hydrogens (tertiary/aromatic N) is 1. The normalized spacial score (nSPS) is 15.1. The Labute approximate surface area is 161 Å². The molecule has 27 heavy (non-hydrogen) atoms. The molecule has 0 bridgehead atoms. The van der Waals surface area contributed by atoms with Crippen LogP contribution in [0.15, 0.2) is 23.2 Å². The average molecular weight is 377 g/mol. The molecule has 1 amide bonds. The molecule has 0 saturated heterocycles. The zero-order valence-electron chi connectivity index (χ0n) is 16.6. The Morgan fingerprint density at radius 1 is 1.19 bits per heavy atom. The number of rotatable bonds is 8. The second-order valence-electron chi connectivity index (χ2n) is 6.52. The van der Waals surface area contributed by atoms with Crippen molar-refractivity contribution < 1.29 is 14.3 Å². The number of ether oxygens (including phenoxy) is 2. The highest BCUT2D eigenvalue weighted by Gasteiger charge is 2.15. The molecule has 7 heteroatoms. The molecule has 1 aromatic rings. The Morgan fingerprint density at radius 3 is 2.63 bits per heavy atom. The van der Waals surface area contributed by atoms with Gasteiger partial charge in [-0.25, -0.2) is 4.99 Å². The van der Waals surface area contributed by atoms with E-state index in [1.807, 2.05) is 32.0 Å². The highest BCUT2D eigenvalue weighted by Crippen LogP contribution is 2.30. The number of carbonyl (C=O) groups is 1. The fourth-order valence-corrected chi connectivity index (χ4v) is 3.14. The van der Waals surface area contributed by atoms with Crippen LogP contribution in [0, 0.1) is 0 Å². The molecule has 0 radical (unpaired) electrons. The molecule has 0 atom stereocenters. The second-order valence-corrected chi connectivity index (χ2v) is 6.52. The zero-order chi connectivity index (χ0) is 19.5. The Morgan fingerprint density at radius 2 is 1.96 bits per heavy atom. The molecule has 1 fully saturated rings. The molecule has 0 aliphatic heterocycles. The minimum Gasteiger partial charge on any atom is -0.493 e. The van der Waals surface area contributed by atoms with E-state index in [0.29, 0.717) is 36.7 Å². The van der Waals surface area contributed by atoms with E-state index in [9.17, 15) is 4.79 Å². The van der Waals surface area contributed by atoms with Crippen LogP contribution in [0.1, 0.15) is 46.0 Å². The topological polar surface area (TPSA) is 84.0 Å². The van der Waals surface area contributed by atoms with Crippen molar-refractivity contribution in [2.45, 2.75) is 52.0 Å². The van der Waals surface area contributed by atoms with E-state index < -0.39 is 0 Å². The smallest absolute Gasteiger partial charge is 0.242 e. The lowest BCUT2D eigenvalue weighted by atomic mass is 9.95. The largest absolute Gasteiger partial charge is 0.493 e. The third-order valence-corrected chi connectivity index (χ3v) is 4.42. The first-order chi connectivity index (χ1) is 13.2. The maximum atomic E-state index is 12.2. The van der Waals surface area contributed by atoms with E-state index in [2.05, 4.69) is 20.9 Å². The molecule has 0 spiro atoms. The van der Waals surface area contributed by atoms with Gasteiger partial charge in [0, 0.05) is 24.3 Å². The fourth-order valence-electron chi connectivity index (χ4n) is 3.14. The van der Waals surface area contributed by atoms with Crippen molar-refractivity contribution in [3.05, 3.63) is 18.2 Å². The highest BCUT2D eigenvalue weighted by atomic mass is 16.5. The van der Waals surface area contributed by atoms with Crippen LogP contribution >= 0.6 is 0 Å². The van der Waals surface area contributed by atoms with Crippen LogP contribution < -0.4 is 25.4 Å². The summed E-state index contributed by atoms with van der Waals surface area (Å²) < 4.78 is 10.9. The van der Waals surface area contributed by atoms with Crippen molar-refractivity contribution >= 4 is 17.6 Å². The van der Waals surface area contributed by atoms with Gasteiger partial charge in [0.15, 0.2) is 17.5 Å². The van der Waals surface area contributed by atoms with Gasteiger partial charge in [-0.3, -0.25) is 4.79 Å². The summed E-state index contributed by atoms with van der Waals surface area (Å²) in [5.74, 6) is 1.86. The zero-order valence-corrected chi connectivity index (χ0v) is 16.6. The summed E-state index contributed by atoms with van der Waals surface area (Å²) in [6.07, 6.45) is 5.79. The van der Waals surface area contributed by atoms with E-state index in [0.717, 1.165) is 18.5 Å². The molecule has 0 unspecified atom stereocenters. The van der Waals surface area contributed by atoms with Crippen LogP contribution in [0.5, 0.6) is 11.5 Å². The number of amides is 1. The van der Waals surface area contributed by atoms with E-state index in [-0.39, 0.29) is 12.5 Å². The van der Waals surface area contributed by atoms with E-state index in [4.69, 9.17) is 9.47 Å². The van der Waals surface area contributed by atoms with Gasteiger partial charge in [0.1, 0.15) is 6.54 Å². The maximum absolute atomic E-state index is 12.2. The lowest BCUT2D eigenvalue weighted by molar-refractivity contribution is -0.120. The average Bonchev–Trinajstić information content (AvgIpc) is 2.68. The van der Waals surface area contributed by atoms with Gasteiger partial charge >= 0.3 is 0 Å². The number of carbonyl (C=O) groups excluding carboxylic acids is 1. The summed E-state index contributed by atoms with van der Waals surface area (Å²) in [7, 11) is 1.61. The second kappa shape index (κ2) is 11.3. The molecule has 2 rings (SSSR count). The molecular weight excluding hydrogens is 344 g/mol. The van der Waals surface area contributed by atoms with E-state index >= 15 is 0 Å². The predicted molar refractivity (Wildman–Crippen MR) is 109 cm³/mol. The van der Waals surface area contributed by atoms with Crippen molar-refractivity contribution in [2.24, 2.45) is 4.99 Å². The van der Waals surface area contributed by atoms with Gasteiger partial charge in [0.05, 0.1) is 13.7 Å². The Hall–Kier alpha value is -2.44. The van der Waals surface area contributed by atoms with Crippen molar-refractivity contribution in [2.75, 3.05) is 32.1 Å². The molecule has 0 heterocycles. The summed E-state index contributed by atoms with van der Waals surface area (Å²) in [4.78, 5) is 16.6. The minimum absolute atomic E-state index is 0.0381. The van der Waals surface area contributed by atoms with Gasteiger partial charge < -0.3 is 25.4 Å². The number of benzene rings is 1. The molecule has 1 aromatic carbocycles.